The second-order valence-corrected chi connectivity index (χ2v) is 6.50. The molecule has 1 amide bonds. The molecular formula is C22H22N2O6. The molecule has 8 heteroatoms. The first-order chi connectivity index (χ1) is 14.5. The predicted octanol–water partition coefficient (Wildman–Crippen LogP) is 1.96. The summed E-state index contributed by atoms with van der Waals surface area (Å²) in [5, 5.41) is 5.46. The standard InChI is InChI=1S/C22H22N2O6/c1-15-6-5-9-17(12-15)28-11-10-23-19(26)14-30-22(27)20-18(25)13-29-21(20)24-16-7-3-2-4-8-16/h2-9,12,24H,10-11,13-14H2,1H3,(H,23,26). The highest BCUT2D eigenvalue weighted by atomic mass is 16.5. The maximum atomic E-state index is 12.3. The van der Waals surface area contributed by atoms with Gasteiger partial charge in [-0.1, -0.05) is 30.3 Å². The van der Waals surface area contributed by atoms with Gasteiger partial charge in [-0.15, -0.1) is 0 Å². The first-order valence-electron chi connectivity index (χ1n) is 9.38. The van der Waals surface area contributed by atoms with Crippen molar-refractivity contribution in [3.8, 4) is 5.75 Å². The molecule has 2 aromatic rings. The SMILES string of the molecule is Cc1cccc(OCCNC(=O)COC(=O)C2=C(Nc3ccccc3)OCC2=O)c1. The molecule has 2 aromatic carbocycles. The molecule has 0 unspecified atom stereocenters. The number of anilines is 1. The third kappa shape index (κ3) is 5.84. The Morgan fingerprint density at radius 3 is 2.67 bits per heavy atom. The van der Waals surface area contributed by atoms with E-state index < -0.39 is 24.3 Å². The summed E-state index contributed by atoms with van der Waals surface area (Å²) in [5.41, 5.74) is 1.48. The number of hydrogen-bond acceptors (Lipinski definition) is 7. The van der Waals surface area contributed by atoms with Crippen molar-refractivity contribution in [3.63, 3.8) is 0 Å². The van der Waals surface area contributed by atoms with E-state index in [1.165, 1.54) is 0 Å². The molecule has 8 nitrogen and oxygen atoms in total. The minimum absolute atomic E-state index is 0.0168. The summed E-state index contributed by atoms with van der Waals surface area (Å²) in [5.74, 6) is -1.20. The Morgan fingerprint density at radius 2 is 1.90 bits per heavy atom. The number of carbonyl (C=O) groups is 3. The summed E-state index contributed by atoms with van der Waals surface area (Å²) in [6, 6.07) is 16.5. The number of hydrogen-bond donors (Lipinski definition) is 2. The molecule has 0 saturated heterocycles. The van der Waals surface area contributed by atoms with Crippen LogP contribution in [0.4, 0.5) is 5.69 Å². The van der Waals surface area contributed by atoms with Crippen molar-refractivity contribution in [3.05, 3.63) is 71.6 Å². The van der Waals surface area contributed by atoms with Crippen molar-refractivity contribution in [2.45, 2.75) is 6.92 Å². The summed E-state index contributed by atoms with van der Waals surface area (Å²) in [4.78, 5) is 36.2. The Labute approximate surface area is 173 Å². The van der Waals surface area contributed by atoms with Crippen LogP contribution in [-0.4, -0.2) is 44.0 Å². The summed E-state index contributed by atoms with van der Waals surface area (Å²) in [6.45, 7) is 1.70. The Balaban J connectivity index is 1.44. The molecule has 0 fully saturated rings. The Bertz CT molecular complexity index is 955. The number of benzene rings is 2. The highest BCUT2D eigenvalue weighted by molar-refractivity contribution is 6.20. The van der Waals surface area contributed by atoms with Crippen molar-refractivity contribution >= 4 is 23.3 Å². The summed E-state index contributed by atoms with van der Waals surface area (Å²) < 4.78 is 15.7. The lowest BCUT2D eigenvalue weighted by Gasteiger charge is -2.10. The van der Waals surface area contributed by atoms with Crippen LogP contribution >= 0.6 is 0 Å². The number of rotatable bonds is 9. The number of ketones is 1. The van der Waals surface area contributed by atoms with E-state index in [4.69, 9.17) is 14.2 Å². The summed E-state index contributed by atoms with van der Waals surface area (Å²) >= 11 is 0. The van der Waals surface area contributed by atoms with Gasteiger partial charge in [-0.25, -0.2) is 4.79 Å². The largest absolute Gasteiger partial charge is 0.492 e. The number of amides is 1. The van der Waals surface area contributed by atoms with Crippen LogP contribution in [0, 0.1) is 6.92 Å². The fourth-order valence-corrected chi connectivity index (χ4v) is 2.69. The number of Topliss-reactive ketones (excluding diaryl/α,β-unsaturated/α-hetero) is 1. The van der Waals surface area contributed by atoms with Crippen molar-refractivity contribution in [2.75, 3.05) is 31.7 Å². The Morgan fingerprint density at radius 1 is 1.10 bits per heavy atom. The second-order valence-electron chi connectivity index (χ2n) is 6.50. The van der Waals surface area contributed by atoms with Crippen LogP contribution in [0.3, 0.4) is 0 Å². The zero-order valence-electron chi connectivity index (χ0n) is 16.5. The van der Waals surface area contributed by atoms with Crippen LogP contribution in [0.15, 0.2) is 66.1 Å². The number of aryl methyl sites for hydroxylation is 1. The van der Waals surface area contributed by atoms with Crippen LogP contribution in [0.2, 0.25) is 0 Å². The van der Waals surface area contributed by atoms with Gasteiger partial charge in [0.2, 0.25) is 11.7 Å². The van der Waals surface area contributed by atoms with Gasteiger partial charge in [0.25, 0.3) is 5.91 Å². The molecule has 0 aromatic heterocycles. The van der Waals surface area contributed by atoms with E-state index >= 15 is 0 Å². The van der Waals surface area contributed by atoms with Crippen molar-refractivity contribution in [1.29, 1.82) is 0 Å². The molecule has 30 heavy (non-hydrogen) atoms. The molecule has 0 bridgehead atoms. The number of carbonyl (C=O) groups excluding carboxylic acids is 3. The van der Waals surface area contributed by atoms with Crippen LogP contribution < -0.4 is 15.4 Å². The van der Waals surface area contributed by atoms with Crippen LogP contribution in [0.5, 0.6) is 5.75 Å². The maximum absolute atomic E-state index is 12.3. The molecule has 0 spiro atoms. The molecule has 0 radical (unpaired) electrons. The first-order valence-corrected chi connectivity index (χ1v) is 9.38. The molecule has 1 heterocycles. The van der Waals surface area contributed by atoms with Gasteiger partial charge in [-0.3, -0.25) is 9.59 Å². The lowest BCUT2D eigenvalue weighted by molar-refractivity contribution is -0.145. The molecule has 0 aliphatic carbocycles. The number of para-hydroxylation sites is 1. The fourth-order valence-electron chi connectivity index (χ4n) is 2.69. The predicted molar refractivity (Wildman–Crippen MR) is 109 cm³/mol. The van der Waals surface area contributed by atoms with E-state index in [0.717, 1.165) is 5.56 Å². The van der Waals surface area contributed by atoms with Crippen molar-refractivity contribution < 1.29 is 28.6 Å². The maximum Gasteiger partial charge on any atom is 0.347 e. The number of esters is 1. The van der Waals surface area contributed by atoms with Gasteiger partial charge in [-0.2, -0.15) is 0 Å². The molecule has 0 saturated carbocycles. The minimum Gasteiger partial charge on any atom is -0.492 e. The quantitative estimate of drug-likeness (QED) is 0.370. The second kappa shape index (κ2) is 10.1. The van der Waals surface area contributed by atoms with Gasteiger partial charge in [-0.05, 0) is 36.8 Å². The van der Waals surface area contributed by atoms with E-state index in [1.807, 2.05) is 37.3 Å². The van der Waals surface area contributed by atoms with Gasteiger partial charge in [0.1, 0.15) is 12.4 Å². The average Bonchev–Trinajstić information content (AvgIpc) is 3.10. The third-order valence-corrected chi connectivity index (χ3v) is 4.11. The Hall–Kier alpha value is -3.81. The van der Waals surface area contributed by atoms with Gasteiger partial charge in [0.15, 0.2) is 18.8 Å². The Kier molecular flexibility index (Phi) is 7.05. The normalized spacial score (nSPS) is 12.9. The number of nitrogens with one attached hydrogen (secondary N) is 2. The van der Waals surface area contributed by atoms with E-state index in [-0.39, 0.29) is 31.2 Å². The van der Waals surface area contributed by atoms with Crippen LogP contribution in [0.25, 0.3) is 0 Å². The molecule has 2 N–H and O–H groups in total. The van der Waals surface area contributed by atoms with Gasteiger partial charge < -0.3 is 24.8 Å². The zero-order chi connectivity index (χ0) is 21.3. The topological polar surface area (TPSA) is 103 Å². The highest BCUT2D eigenvalue weighted by Gasteiger charge is 2.32. The van der Waals surface area contributed by atoms with Gasteiger partial charge >= 0.3 is 5.97 Å². The van der Waals surface area contributed by atoms with Gasteiger partial charge in [0.05, 0.1) is 6.54 Å². The van der Waals surface area contributed by atoms with Crippen molar-refractivity contribution in [2.24, 2.45) is 0 Å². The minimum atomic E-state index is -0.915. The molecule has 3 rings (SSSR count). The lowest BCUT2D eigenvalue weighted by atomic mass is 10.2. The molecule has 1 aliphatic rings. The molecular weight excluding hydrogens is 388 g/mol. The third-order valence-electron chi connectivity index (χ3n) is 4.11. The molecule has 156 valence electrons. The summed E-state index contributed by atoms with van der Waals surface area (Å²) in [7, 11) is 0. The van der Waals surface area contributed by atoms with E-state index in [9.17, 15) is 14.4 Å². The fraction of sp³-hybridized carbons (Fsp3) is 0.227. The zero-order valence-corrected chi connectivity index (χ0v) is 16.5. The highest BCUT2D eigenvalue weighted by Crippen LogP contribution is 2.20. The van der Waals surface area contributed by atoms with Crippen molar-refractivity contribution in [1.82, 2.24) is 5.32 Å². The molecule has 0 atom stereocenters. The number of ether oxygens (including phenoxy) is 3. The van der Waals surface area contributed by atoms with Crippen LogP contribution in [0.1, 0.15) is 5.56 Å². The summed E-state index contributed by atoms with van der Waals surface area (Å²) in [6.07, 6.45) is 0. The smallest absolute Gasteiger partial charge is 0.347 e. The van der Waals surface area contributed by atoms with E-state index in [2.05, 4.69) is 10.6 Å². The monoisotopic (exact) mass is 410 g/mol. The van der Waals surface area contributed by atoms with E-state index in [1.54, 1.807) is 24.3 Å². The lowest BCUT2D eigenvalue weighted by Crippen LogP contribution is -2.32. The van der Waals surface area contributed by atoms with E-state index in [0.29, 0.717) is 11.4 Å². The average molecular weight is 410 g/mol. The van der Waals surface area contributed by atoms with Gasteiger partial charge in [0, 0.05) is 5.69 Å². The first kappa shape index (κ1) is 20.9. The molecule has 1 aliphatic heterocycles. The van der Waals surface area contributed by atoms with Crippen LogP contribution in [-0.2, 0) is 23.9 Å².